The van der Waals surface area contributed by atoms with Crippen molar-refractivity contribution in [1.29, 1.82) is 0 Å². The summed E-state index contributed by atoms with van der Waals surface area (Å²) in [6.07, 6.45) is 1.37. The van der Waals surface area contributed by atoms with E-state index in [4.69, 9.17) is 69.6 Å². The van der Waals surface area contributed by atoms with Crippen LogP contribution in [0.3, 0.4) is 0 Å². The van der Waals surface area contributed by atoms with E-state index >= 15 is 0 Å². The highest BCUT2D eigenvalue weighted by Gasteiger charge is 2.17. The van der Waals surface area contributed by atoms with Gasteiger partial charge in [-0.05, 0) is 30.3 Å². The minimum absolute atomic E-state index is 0.303. The number of nitrogens with zero attached hydrogens (tertiary/aromatic N) is 2. The second-order valence-corrected chi connectivity index (χ2v) is 7.11. The van der Waals surface area contributed by atoms with E-state index in [1.807, 2.05) is 0 Å². The van der Waals surface area contributed by atoms with Crippen LogP contribution in [0.15, 0.2) is 36.7 Å². The summed E-state index contributed by atoms with van der Waals surface area (Å²) in [6.45, 7) is 0. The Hall–Kier alpha value is -0.740. The van der Waals surface area contributed by atoms with E-state index in [0.717, 1.165) is 0 Å². The summed E-state index contributed by atoms with van der Waals surface area (Å²) in [4.78, 5) is 8.44. The number of aromatic nitrogens is 2. The first-order valence-corrected chi connectivity index (χ1v) is 8.76. The zero-order valence-electron chi connectivity index (χ0n) is 11.6. The number of rotatable bonds is 2. The van der Waals surface area contributed by atoms with Crippen molar-refractivity contribution in [2.45, 2.75) is 0 Å². The molecule has 0 aliphatic heterocycles. The lowest BCUT2D eigenvalue weighted by Gasteiger charge is -2.11. The van der Waals surface area contributed by atoms with Gasteiger partial charge in [-0.3, -0.25) is 0 Å². The minimum atomic E-state index is 0.303. The van der Waals surface area contributed by atoms with Crippen molar-refractivity contribution < 1.29 is 0 Å². The fourth-order valence-corrected chi connectivity index (χ4v) is 3.60. The predicted molar refractivity (Wildman–Crippen MR) is 103 cm³/mol. The molecule has 122 valence electrons. The first kappa shape index (κ1) is 18.1. The van der Waals surface area contributed by atoms with Crippen LogP contribution in [-0.2, 0) is 0 Å². The van der Waals surface area contributed by atoms with E-state index in [1.54, 1.807) is 30.3 Å². The summed E-state index contributed by atoms with van der Waals surface area (Å²) < 4.78 is 0. The first-order chi connectivity index (χ1) is 11.4. The number of benzene rings is 2. The van der Waals surface area contributed by atoms with E-state index in [-0.39, 0.29) is 0 Å². The van der Waals surface area contributed by atoms with Gasteiger partial charge in [0.05, 0.1) is 41.5 Å². The normalized spacial score (nSPS) is 10.9. The highest BCUT2D eigenvalue weighted by molar-refractivity contribution is 6.47. The average Bonchev–Trinajstić information content (AvgIpc) is 2.56. The summed E-state index contributed by atoms with van der Waals surface area (Å²) in [5.41, 5.74) is 1.99. The third-order valence-corrected chi connectivity index (χ3v) is 5.51. The molecule has 2 aromatic carbocycles. The average molecular weight is 439 g/mol. The maximum absolute atomic E-state index is 6.27. The fourth-order valence-electron chi connectivity index (χ4n) is 2.15. The van der Waals surface area contributed by atoms with Crippen LogP contribution < -0.4 is 0 Å². The van der Waals surface area contributed by atoms with Gasteiger partial charge in [-0.2, -0.15) is 0 Å². The highest BCUT2D eigenvalue weighted by atomic mass is 35.5. The molecule has 0 N–H and O–H groups in total. The molecule has 24 heavy (non-hydrogen) atoms. The standard InChI is InChI=1S/C16H6Cl6N2/c17-7-1-3-9(19)15(21)13(7)11-5-12(24-6-23-11)14-8(18)2-4-10(20)16(14)22/h1-6H. The van der Waals surface area contributed by atoms with E-state index < -0.39 is 0 Å². The molecule has 0 atom stereocenters. The molecule has 0 aliphatic rings. The lowest BCUT2D eigenvalue weighted by atomic mass is 10.1. The molecule has 0 unspecified atom stereocenters. The highest BCUT2D eigenvalue weighted by Crippen LogP contribution is 2.41. The van der Waals surface area contributed by atoms with Crippen molar-refractivity contribution in [2.75, 3.05) is 0 Å². The third-order valence-electron chi connectivity index (χ3n) is 3.27. The van der Waals surface area contributed by atoms with Gasteiger partial charge in [0.1, 0.15) is 6.33 Å². The van der Waals surface area contributed by atoms with Gasteiger partial charge in [0.25, 0.3) is 0 Å². The topological polar surface area (TPSA) is 25.8 Å². The van der Waals surface area contributed by atoms with Gasteiger partial charge in [0, 0.05) is 11.1 Å². The van der Waals surface area contributed by atoms with Crippen molar-refractivity contribution in [1.82, 2.24) is 9.97 Å². The van der Waals surface area contributed by atoms with E-state index in [0.29, 0.717) is 52.7 Å². The quantitative estimate of drug-likeness (QED) is 0.382. The van der Waals surface area contributed by atoms with E-state index in [9.17, 15) is 0 Å². The van der Waals surface area contributed by atoms with Gasteiger partial charge >= 0.3 is 0 Å². The van der Waals surface area contributed by atoms with Crippen LogP contribution in [0.2, 0.25) is 30.1 Å². The molecule has 3 rings (SSSR count). The molecule has 1 aromatic heterocycles. The molecule has 0 bridgehead atoms. The summed E-state index contributed by atoms with van der Waals surface area (Å²) >= 11 is 37.2. The van der Waals surface area contributed by atoms with Gasteiger partial charge in [-0.25, -0.2) is 9.97 Å². The van der Waals surface area contributed by atoms with E-state index in [1.165, 1.54) is 6.33 Å². The molecule has 8 heteroatoms. The van der Waals surface area contributed by atoms with Gasteiger partial charge < -0.3 is 0 Å². The molecule has 0 amide bonds. The summed E-state index contributed by atoms with van der Waals surface area (Å²) in [5.74, 6) is 0. The fraction of sp³-hybridized carbons (Fsp3) is 0. The lowest BCUT2D eigenvalue weighted by molar-refractivity contribution is 1.18. The molecule has 2 nitrogen and oxygen atoms in total. The summed E-state index contributed by atoms with van der Waals surface area (Å²) in [5, 5.41) is 2.17. The van der Waals surface area contributed by atoms with Crippen LogP contribution in [-0.4, -0.2) is 9.97 Å². The second kappa shape index (κ2) is 7.25. The SMILES string of the molecule is Clc1ccc(Cl)c(-c2cc(-c3c(Cl)ccc(Cl)c3Cl)ncn2)c1Cl. The summed E-state index contributed by atoms with van der Waals surface area (Å²) in [7, 11) is 0. The molecule has 0 saturated carbocycles. The Balaban J connectivity index is 2.23. The Labute approximate surface area is 168 Å². The lowest BCUT2D eigenvalue weighted by Crippen LogP contribution is -1.93. The van der Waals surface area contributed by atoms with Crippen LogP contribution in [0.5, 0.6) is 0 Å². The molecule has 0 spiro atoms. The smallest absolute Gasteiger partial charge is 0.116 e. The number of halogens is 6. The zero-order chi connectivity index (χ0) is 17.4. The predicted octanol–water partition coefficient (Wildman–Crippen LogP) is 7.73. The second-order valence-electron chi connectivity index (χ2n) is 4.72. The van der Waals surface area contributed by atoms with Gasteiger partial charge in [0.15, 0.2) is 0 Å². The van der Waals surface area contributed by atoms with Crippen molar-refractivity contribution in [2.24, 2.45) is 0 Å². The van der Waals surface area contributed by atoms with Gasteiger partial charge in [0.2, 0.25) is 0 Å². The Morgan fingerprint density at radius 2 is 0.917 bits per heavy atom. The first-order valence-electron chi connectivity index (χ1n) is 6.50. The van der Waals surface area contributed by atoms with Crippen LogP contribution >= 0.6 is 69.6 Å². The minimum Gasteiger partial charge on any atom is -0.236 e. The number of hydrogen-bond acceptors (Lipinski definition) is 2. The van der Waals surface area contributed by atoms with Crippen LogP contribution in [0.4, 0.5) is 0 Å². The van der Waals surface area contributed by atoms with E-state index in [2.05, 4.69) is 9.97 Å². The third kappa shape index (κ3) is 3.32. The molecule has 0 fully saturated rings. The zero-order valence-corrected chi connectivity index (χ0v) is 16.2. The Kier molecular flexibility index (Phi) is 5.45. The van der Waals surface area contributed by atoms with Gasteiger partial charge in [-0.15, -0.1) is 0 Å². The largest absolute Gasteiger partial charge is 0.236 e. The van der Waals surface area contributed by atoms with Crippen molar-refractivity contribution in [3.63, 3.8) is 0 Å². The number of hydrogen-bond donors (Lipinski definition) is 0. The molecular weight excluding hydrogens is 433 g/mol. The van der Waals surface area contributed by atoms with Crippen LogP contribution in [0, 0.1) is 0 Å². The Morgan fingerprint density at radius 1 is 0.542 bits per heavy atom. The Morgan fingerprint density at radius 3 is 1.33 bits per heavy atom. The van der Waals surface area contributed by atoms with Crippen LogP contribution in [0.25, 0.3) is 22.5 Å². The van der Waals surface area contributed by atoms with Crippen molar-refractivity contribution in [3.8, 4) is 22.5 Å². The molecule has 0 saturated heterocycles. The molecule has 0 radical (unpaired) electrons. The maximum atomic E-state index is 6.27. The summed E-state index contributed by atoms with van der Waals surface area (Å²) in [6, 6.07) is 8.19. The molecule has 3 aromatic rings. The molecule has 0 aliphatic carbocycles. The maximum Gasteiger partial charge on any atom is 0.116 e. The molecular formula is C16H6Cl6N2. The van der Waals surface area contributed by atoms with Gasteiger partial charge in [-0.1, -0.05) is 69.6 Å². The van der Waals surface area contributed by atoms with Crippen LogP contribution in [0.1, 0.15) is 0 Å². The molecule has 1 heterocycles. The van der Waals surface area contributed by atoms with Crippen molar-refractivity contribution >= 4 is 69.6 Å². The monoisotopic (exact) mass is 436 g/mol. The van der Waals surface area contributed by atoms with Crippen molar-refractivity contribution in [3.05, 3.63) is 66.8 Å². The Bertz CT molecular complexity index is 869.